The zero-order valence-electron chi connectivity index (χ0n) is 12.3. The molecule has 0 bridgehead atoms. The van der Waals surface area contributed by atoms with Gasteiger partial charge in [0.2, 0.25) is 5.91 Å². The van der Waals surface area contributed by atoms with Gasteiger partial charge in [-0.3, -0.25) is 4.79 Å². The molecule has 1 amide bonds. The molecule has 0 atom stereocenters. The Bertz CT molecular complexity index is 427. The van der Waals surface area contributed by atoms with Gasteiger partial charge in [-0.1, -0.05) is 26.0 Å². The second kappa shape index (κ2) is 8.70. The van der Waals surface area contributed by atoms with Crippen molar-refractivity contribution in [3.8, 4) is 0 Å². The topological polar surface area (TPSA) is 41.1 Å². The Hall–Kier alpha value is -0.520. The van der Waals surface area contributed by atoms with Gasteiger partial charge in [0.25, 0.3) is 0 Å². The van der Waals surface area contributed by atoms with Crippen molar-refractivity contribution in [3.63, 3.8) is 0 Å². The molecule has 0 aliphatic carbocycles. The summed E-state index contributed by atoms with van der Waals surface area (Å²) in [7, 11) is 0. The summed E-state index contributed by atoms with van der Waals surface area (Å²) in [5.74, 6) is -0.0147. The van der Waals surface area contributed by atoms with E-state index in [-0.39, 0.29) is 10.7 Å². The van der Waals surface area contributed by atoms with Crippen molar-refractivity contribution in [2.75, 3.05) is 24.7 Å². The van der Waals surface area contributed by atoms with Crippen molar-refractivity contribution in [1.29, 1.82) is 0 Å². The molecule has 0 unspecified atom stereocenters. The van der Waals surface area contributed by atoms with Crippen LogP contribution >= 0.6 is 27.7 Å². The lowest BCUT2D eigenvalue weighted by Gasteiger charge is -2.29. The molecule has 1 rings (SSSR count). The van der Waals surface area contributed by atoms with Crippen molar-refractivity contribution in [1.82, 2.24) is 5.32 Å². The van der Waals surface area contributed by atoms with E-state index >= 15 is 0 Å². The van der Waals surface area contributed by atoms with Gasteiger partial charge in [0.05, 0.1) is 12.2 Å². The number of halogens is 1. The maximum atomic E-state index is 11.9. The van der Waals surface area contributed by atoms with Crippen molar-refractivity contribution < 1.29 is 4.79 Å². The Morgan fingerprint density at radius 3 is 2.50 bits per heavy atom. The highest BCUT2D eigenvalue weighted by atomic mass is 79.9. The lowest BCUT2D eigenvalue weighted by atomic mass is 10.0. The van der Waals surface area contributed by atoms with Crippen LogP contribution in [0, 0.1) is 0 Å². The van der Waals surface area contributed by atoms with E-state index in [0.29, 0.717) is 6.54 Å². The number of hydrogen-bond donors (Lipinski definition) is 2. The van der Waals surface area contributed by atoms with Gasteiger partial charge in [0.1, 0.15) is 0 Å². The van der Waals surface area contributed by atoms with Gasteiger partial charge in [0.15, 0.2) is 0 Å². The van der Waals surface area contributed by atoms with Crippen LogP contribution in [0.4, 0.5) is 5.69 Å². The highest BCUT2D eigenvalue weighted by molar-refractivity contribution is 9.10. The molecule has 2 N–H and O–H groups in total. The van der Waals surface area contributed by atoms with Crippen molar-refractivity contribution in [2.45, 2.75) is 31.4 Å². The number of benzene rings is 1. The molecule has 0 saturated heterocycles. The summed E-state index contributed by atoms with van der Waals surface area (Å²) in [5.41, 5.74) is 0.807. The monoisotopic (exact) mass is 358 g/mol. The van der Waals surface area contributed by atoms with E-state index in [1.54, 1.807) is 0 Å². The molecule has 0 radical (unpaired) electrons. The third kappa shape index (κ3) is 5.11. The number of carbonyl (C=O) groups excluding carboxylic acids is 1. The van der Waals surface area contributed by atoms with Gasteiger partial charge in [-0.25, -0.2) is 0 Å². The van der Waals surface area contributed by atoms with Crippen LogP contribution in [0.2, 0.25) is 0 Å². The summed E-state index contributed by atoms with van der Waals surface area (Å²) in [5, 5.41) is 6.17. The zero-order chi connectivity index (χ0) is 15.0. The van der Waals surface area contributed by atoms with E-state index < -0.39 is 0 Å². The largest absolute Gasteiger partial charge is 0.324 e. The van der Waals surface area contributed by atoms with Crippen LogP contribution in [0.25, 0.3) is 0 Å². The minimum atomic E-state index is -0.0147. The minimum absolute atomic E-state index is 0.0147. The lowest BCUT2D eigenvalue weighted by Crippen LogP contribution is -2.40. The summed E-state index contributed by atoms with van der Waals surface area (Å²) in [4.78, 5) is 11.9. The predicted octanol–water partition coefficient (Wildman–Crippen LogP) is 3.90. The number of rotatable bonds is 8. The highest BCUT2D eigenvalue weighted by Crippen LogP contribution is 2.29. The average Bonchev–Trinajstić information content (AvgIpc) is 2.47. The number of hydrogen-bond acceptors (Lipinski definition) is 3. The number of nitrogens with one attached hydrogen (secondary N) is 2. The van der Waals surface area contributed by atoms with Crippen LogP contribution in [0.15, 0.2) is 28.7 Å². The molecule has 1 aromatic carbocycles. The van der Waals surface area contributed by atoms with Gasteiger partial charge in [0, 0.05) is 15.8 Å². The molecule has 0 fully saturated rings. The number of anilines is 1. The number of para-hydroxylation sites is 1. The molecular formula is C15H23BrN2OS. The molecule has 0 heterocycles. The molecule has 5 heteroatoms. The van der Waals surface area contributed by atoms with Gasteiger partial charge in [-0.15, -0.1) is 0 Å². The molecule has 3 nitrogen and oxygen atoms in total. The highest BCUT2D eigenvalue weighted by Gasteiger charge is 2.24. The maximum Gasteiger partial charge on any atom is 0.238 e. The molecule has 1 aromatic rings. The fraction of sp³-hybridized carbons (Fsp3) is 0.533. The van der Waals surface area contributed by atoms with E-state index in [1.165, 1.54) is 0 Å². The first-order valence-corrected chi connectivity index (χ1v) is 8.89. The van der Waals surface area contributed by atoms with E-state index in [4.69, 9.17) is 0 Å². The zero-order valence-corrected chi connectivity index (χ0v) is 14.7. The van der Waals surface area contributed by atoms with Crippen LogP contribution in [0.3, 0.4) is 0 Å². The third-order valence-electron chi connectivity index (χ3n) is 3.60. The first-order chi connectivity index (χ1) is 9.56. The molecule has 0 saturated carbocycles. The van der Waals surface area contributed by atoms with Crippen LogP contribution < -0.4 is 10.6 Å². The van der Waals surface area contributed by atoms with E-state index in [9.17, 15) is 4.79 Å². The summed E-state index contributed by atoms with van der Waals surface area (Å²) < 4.78 is 1.13. The second-order valence-electron chi connectivity index (χ2n) is 4.73. The minimum Gasteiger partial charge on any atom is -0.324 e. The predicted molar refractivity (Wildman–Crippen MR) is 92.5 cm³/mol. The summed E-state index contributed by atoms with van der Waals surface area (Å²) >= 11 is 5.29. The Balaban J connectivity index is 2.43. The first-order valence-electron chi connectivity index (χ1n) is 6.87. The number of thioether (sulfide) groups is 1. The van der Waals surface area contributed by atoms with Gasteiger partial charge in [-0.2, -0.15) is 11.8 Å². The quantitative estimate of drug-likeness (QED) is 0.740. The number of carbonyl (C=O) groups is 1. The summed E-state index contributed by atoms with van der Waals surface area (Å²) in [6, 6.07) is 7.62. The summed E-state index contributed by atoms with van der Waals surface area (Å²) in [6.45, 7) is 5.58. The Morgan fingerprint density at radius 1 is 1.30 bits per heavy atom. The fourth-order valence-corrected chi connectivity index (χ4v) is 3.23. The molecule has 0 aliphatic rings. The van der Waals surface area contributed by atoms with Crippen LogP contribution in [0.1, 0.15) is 26.7 Å². The Kier molecular flexibility index (Phi) is 7.62. The van der Waals surface area contributed by atoms with Crippen molar-refractivity contribution in [2.24, 2.45) is 0 Å². The Morgan fingerprint density at radius 2 is 1.95 bits per heavy atom. The second-order valence-corrected chi connectivity index (χ2v) is 6.85. The molecular weight excluding hydrogens is 336 g/mol. The normalized spacial score (nSPS) is 11.4. The SMILES string of the molecule is CCC(CC)(CNCC(=O)Nc1ccccc1Br)SC. The van der Waals surface area contributed by atoms with Crippen LogP contribution in [-0.2, 0) is 4.79 Å². The van der Waals surface area contributed by atoms with Crippen molar-refractivity contribution >= 4 is 39.3 Å². The standard InChI is InChI=1S/C15H23BrN2OS/c1-4-15(5-2,20-3)11-17-10-14(19)18-13-9-7-6-8-12(13)16/h6-9,17H,4-5,10-11H2,1-3H3,(H,18,19). The van der Waals surface area contributed by atoms with E-state index in [1.807, 2.05) is 36.0 Å². The molecule has 0 spiro atoms. The van der Waals surface area contributed by atoms with Crippen molar-refractivity contribution in [3.05, 3.63) is 28.7 Å². The van der Waals surface area contributed by atoms with Gasteiger partial charge >= 0.3 is 0 Å². The van der Waals surface area contributed by atoms with E-state index in [2.05, 4.69) is 46.7 Å². The van der Waals surface area contributed by atoms with Gasteiger partial charge < -0.3 is 10.6 Å². The fourth-order valence-electron chi connectivity index (χ4n) is 2.02. The molecule has 0 aromatic heterocycles. The average molecular weight is 359 g/mol. The third-order valence-corrected chi connectivity index (χ3v) is 5.88. The van der Waals surface area contributed by atoms with Crippen LogP contribution in [-0.4, -0.2) is 30.0 Å². The molecule has 112 valence electrons. The van der Waals surface area contributed by atoms with E-state index in [0.717, 1.165) is 29.5 Å². The molecule has 0 aliphatic heterocycles. The van der Waals surface area contributed by atoms with Gasteiger partial charge in [-0.05, 0) is 47.2 Å². The number of amides is 1. The van der Waals surface area contributed by atoms with Crippen LogP contribution in [0.5, 0.6) is 0 Å². The Labute approximate surface area is 134 Å². The lowest BCUT2D eigenvalue weighted by molar-refractivity contribution is -0.115. The first kappa shape index (κ1) is 17.5. The molecule has 20 heavy (non-hydrogen) atoms. The summed E-state index contributed by atoms with van der Waals surface area (Å²) in [6.07, 6.45) is 4.34. The maximum absolute atomic E-state index is 11.9. The smallest absolute Gasteiger partial charge is 0.238 e.